The predicted molar refractivity (Wildman–Crippen MR) is 153 cm³/mol. The lowest BCUT2D eigenvalue weighted by atomic mass is 9.83. The van der Waals surface area contributed by atoms with E-state index in [4.69, 9.17) is 0 Å². The summed E-state index contributed by atoms with van der Waals surface area (Å²) in [6, 6.07) is 17.8. The lowest BCUT2D eigenvalue weighted by Crippen LogP contribution is -2.45. The number of carbonyl (C=O) groups excluding carboxylic acids is 2. The molecule has 0 spiro atoms. The molecule has 4 atom stereocenters. The molecule has 0 aliphatic heterocycles. The molecule has 0 aromatic heterocycles. The van der Waals surface area contributed by atoms with Gasteiger partial charge in [-0.15, -0.1) is 0 Å². The minimum Gasteiger partial charge on any atom is -0.349 e. The molecule has 5 nitrogen and oxygen atoms in total. The maximum atomic E-state index is 13.4. The van der Waals surface area contributed by atoms with E-state index in [1.54, 1.807) is 6.92 Å². The summed E-state index contributed by atoms with van der Waals surface area (Å²) in [6.07, 6.45) is 3.86. The van der Waals surface area contributed by atoms with Gasteiger partial charge in [-0.25, -0.2) is 0 Å². The van der Waals surface area contributed by atoms with Crippen LogP contribution in [0.5, 0.6) is 0 Å². The van der Waals surface area contributed by atoms with Crippen LogP contribution >= 0.6 is 0 Å². The highest BCUT2D eigenvalue weighted by Gasteiger charge is 2.34. The zero-order valence-corrected chi connectivity index (χ0v) is 23.6. The molecule has 2 amide bonds. The maximum absolute atomic E-state index is 13.4. The number of fused-ring (bicyclic) bond motifs is 1. The van der Waals surface area contributed by atoms with Crippen LogP contribution in [0.1, 0.15) is 75.6 Å². The Morgan fingerprint density at radius 3 is 2.11 bits per heavy atom. The first kappa shape index (κ1) is 29.2. The van der Waals surface area contributed by atoms with Gasteiger partial charge in [0.2, 0.25) is 11.8 Å². The largest absolute Gasteiger partial charge is 0.349 e. The third-order valence-electron chi connectivity index (χ3n) is 7.69. The fraction of sp³-hybridized carbons (Fsp3) is 0.485. The molecule has 2 unspecified atom stereocenters. The molecule has 2 aromatic rings. The molecule has 0 saturated heterocycles. The van der Waals surface area contributed by atoms with Crippen molar-refractivity contribution in [3.63, 3.8) is 0 Å². The molecule has 2 aromatic carbocycles. The summed E-state index contributed by atoms with van der Waals surface area (Å²) in [5, 5.41) is 15.5. The van der Waals surface area contributed by atoms with Gasteiger partial charge in [-0.3, -0.25) is 9.59 Å². The van der Waals surface area contributed by atoms with Crippen LogP contribution in [-0.2, 0) is 28.9 Å². The van der Waals surface area contributed by atoms with Crippen molar-refractivity contribution >= 4 is 11.8 Å². The van der Waals surface area contributed by atoms with Crippen LogP contribution in [0.3, 0.4) is 0 Å². The minimum atomic E-state index is -0.593. The highest BCUT2D eigenvalue weighted by molar-refractivity contribution is 5.84. The molecule has 3 rings (SSSR count). The average Bonchev–Trinajstić information content (AvgIpc) is 3.33. The highest BCUT2D eigenvalue weighted by Crippen LogP contribution is 2.34. The van der Waals surface area contributed by atoms with E-state index in [1.807, 2.05) is 31.2 Å². The number of nitrogens with one attached hydrogen (secondary N) is 2. The Morgan fingerprint density at radius 2 is 1.58 bits per heavy atom. The Labute approximate surface area is 228 Å². The molecular formula is C33H43N3O2. The molecule has 1 aliphatic carbocycles. The summed E-state index contributed by atoms with van der Waals surface area (Å²) < 4.78 is 0. The van der Waals surface area contributed by atoms with Crippen molar-refractivity contribution in [3.05, 3.63) is 82.9 Å². The number of rotatable bonds is 12. The second-order valence-corrected chi connectivity index (χ2v) is 11.3. The number of hydrogen-bond donors (Lipinski definition) is 2. The molecule has 38 heavy (non-hydrogen) atoms. The zero-order chi connectivity index (χ0) is 27.8. The molecule has 202 valence electrons. The summed E-state index contributed by atoms with van der Waals surface area (Å²) in [4.78, 5) is 26.7. The van der Waals surface area contributed by atoms with Gasteiger partial charge in [-0.05, 0) is 73.1 Å². The molecule has 0 radical (unpaired) electrons. The normalized spacial score (nSPS) is 16.1. The van der Waals surface area contributed by atoms with Crippen LogP contribution in [-0.4, -0.2) is 23.9 Å². The summed E-state index contributed by atoms with van der Waals surface area (Å²) in [5.74, 6) is -0.162. The number of amides is 2. The van der Waals surface area contributed by atoms with Gasteiger partial charge in [0.05, 0.1) is 18.0 Å². The van der Waals surface area contributed by atoms with Crippen molar-refractivity contribution in [2.24, 2.45) is 17.8 Å². The van der Waals surface area contributed by atoms with E-state index in [9.17, 15) is 14.9 Å². The van der Waals surface area contributed by atoms with Crippen LogP contribution in [0.4, 0.5) is 0 Å². The highest BCUT2D eigenvalue weighted by atomic mass is 16.2. The summed E-state index contributed by atoms with van der Waals surface area (Å²) in [6.45, 7) is 14.5. The van der Waals surface area contributed by atoms with Gasteiger partial charge < -0.3 is 10.6 Å². The Kier molecular flexibility index (Phi) is 10.3. The van der Waals surface area contributed by atoms with E-state index < -0.39 is 12.0 Å². The van der Waals surface area contributed by atoms with E-state index >= 15 is 0 Å². The van der Waals surface area contributed by atoms with Crippen LogP contribution < -0.4 is 10.6 Å². The SMILES string of the molecule is C=C(CC(C(=O)NC(C)C#N)c1ccc(CC)cc1)[C@H](NC(=O)[C@H](C)CC(C)C)C1Cc2ccccc2C1. The summed E-state index contributed by atoms with van der Waals surface area (Å²) >= 11 is 0. The minimum absolute atomic E-state index is 0.0345. The van der Waals surface area contributed by atoms with Crippen LogP contribution in [0, 0.1) is 29.1 Å². The molecule has 5 heteroatoms. The predicted octanol–water partition coefficient (Wildman–Crippen LogP) is 5.89. The van der Waals surface area contributed by atoms with Gasteiger partial charge in [0.25, 0.3) is 0 Å². The van der Waals surface area contributed by atoms with Crippen molar-refractivity contribution < 1.29 is 9.59 Å². The second-order valence-electron chi connectivity index (χ2n) is 11.3. The molecule has 0 saturated carbocycles. The molecule has 0 fully saturated rings. The molecule has 2 N–H and O–H groups in total. The average molecular weight is 514 g/mol. The van der Waals surface area contributed by atoms with Crippen molar-refractivity contribution in [2.75, 3.05) is 0 Å². The molecule has 1 aliphatic rings. The number of carbonyl (C=O) groups is 2. The third kappa shape index (κ3) is 7.57. The first-order chi connectivity index (χ1) is 18.1. The van der Waals surface area contributed by atoms with Crippen molar-refractivity contribution in [2.45, 2.75) is 84.7 Å². The third-order valence-corrected chi connectivity index (χ3v) is 7.69. The lowest BCUT2D eigenvalue weighted by Gasteiger charge is -2.30. The molecule has 0 heterocycles. The number of aryl methyl sites for hydroxylation is 1. The van der Waals surface area contributed by atoms with Gasteiger partial charge in [0, 0.05) is 5.92 Å². The van der Waals surface area contributed by atoms with E-state index in [0.717, 1.165) is 36.8 Å². The lowest BCUT2D eigenvalue weighted by molar-refractivity contribution is -0.125. The Balaban J connectivity index is 1.89. The number of nitrogens with zero attached hydrogens (tertiary/aromatic N) is 1. The first-order valence-corrected chi connectivity index (χ1v) is 14.0. The Morgan fingerprint density at radius 1 is 0.974 bits per heavy atom. The topological polar surface area (TPSA) is 82.0 Å². The smallest absolute Gasteiger partial charge is 0.228 e. The van der Waals surface area contributed by atoms with E-state index in [2.05, 4.69) is 68.3 Å². The van der Waals surface area contributed by atoms with Crippen molar-refractivity contribution in [1.82, 2.24) is 10.6 Å². The number of nitriles is 1. The van der Waals surface area contributed by atoms with Gasteiger partial charge in [-0.2, -0.15) is 5.26 Å². The monoisotopic (exact) mass is 513 g/mol. The van der Waals surface area contributed by atoms with Crippen molar-refractivity contribution in [3.8, 4) is 6.07 Å². The standard InChI is InChI=1S/C33H43N3O2/c1-7-25-12-14-26(15-13-25)30(33(38)35-24(6)20-34)17-22(4)31(36-32(37)23(5)16-21(2)3)29-18-27-10-8-9-11-28(27)19-29/h8-15,21,23-24,29-31H,4,7,16-19H2,1-3,5-6H3,(H,35,38)(H,36,37)/t23-,24?,30?,31+/m1/s1. The summed E-state index contributed by atoms with van der Waals surface area (Å²) in [5.41, 5.74) is 5.56. The van der Waals surface area contributed by atoms with Crippen LogP contribution in [0.15, 0.2) is 60.7 Å². The van der Waals surface area contributed by atoms with Gasteiger partial charge in [0.15, 0.2) is 0 Å². The number of benzene rings is 2. The maximum Gasteiger partial charge on any atom is 0.228 e. The van der Waals surface area contributed by atoms with E-state index in [-0.39, 0.29) is 29.7 Å². The Hall–Kier alpha value is -3.39. The summed E-state index contributed by atoms with van der Waals surface area (Å²) in [7, 11) is 0. The van der Waals surface area contributed by atoms with Gasteiger partial charge >= 0.3 is 0 Å². The van der Waals surface area contributed by atoms with E-state index in [1.165, 1.54) is 16.7 Å². The number of hydrogen-bond acceptors (Lipinski definition) is 3. The van der Waals surface area contributed by atoms with Gasteiger partial charge in [-0.1, -0.05) is 88.4 Å². The quantitative estimate of drug-likeness (QED) is 0.347. The second kappa shape index (κ2) is 13.4. The fourth-order valence-corrected chi connectivity index (χ4v) is 5.57. The molecule has 0 bridgehead atoms. The molecular weight excluding hydrogens is 470 g/mol. The fourth-order valence-electron chi connectivity index (χ4n) is 5.57. The first-order valence-electron chi connectivity index (χ1n) is 14.0. The van der Waals surface area contributed by atoms with Crippen LogP contribution in [0.25, 0.3) is 0 Å². The van der Waals surface area contributed by atoms with Crippen LogP contribution in [0.2, 0.25) is 0 Å². The van der Waals surface area contributed by atoms with Gasteiger partial charge in [0.1, 0.15) is 6.04 Å². The Bertz CT molecular complexity index is 1140. The zero-order valence-electron chi connectivity index (χ0n) is 23.6. The van der Waals surface area contributed by atoms with E-state index in [0.29, 0.717) is 12.3 Å². The van der Waals surface area contributed by atoms with Crippen molar-refractivity contribution in [1.29, 1.82) is 5.26 Å².